The molecule has 1 aromatic rings. The van der Waals surface area contributed by atoms with Gasteiger partial charge in [0.25, 0.3) is 0 Å². The quantitative estimate of drug-likeness (QED) is 0.750. The van der Waals surface area contributed by atoms with Crippen LogP contribution in [0.5, 0.6) is 5.75 Å². The second kappa shape index (κ2) is 7.65. The average molecular weight is 276 g/mol. The molecule has 0 spiro atoms. The van der Waals surface area contributed by atoms with Crippen LogP contribution in [0.15, 0.2) is 24.3 Å². The molecule has 1 fully saturated rings. The van der Waals surface area contributed by atoms with E-state index in [1.807, 2.05) is 0 Å². The van der Waals surface area contributed by atoms with Crippen molar-refractivity contribution in [2.75, 3.05) is 19.7 Å². The van der Waals surface area contributed by atoms with Crippen molar-refractivity contribution >= 4 is 0 Å². The van der Waals surface area contributed by atoms with E-state index >= 15 is 0 Å². The van der Waals surface area contributed by atoms with Crippen LogP contribution in [0.1, 0.15) is 39.2 Å². The largest absolute Gasteiger partial charge is 0.492 e. The molecule has 20 heavy (non-hydrogen) atoms. The fraction of sp³-hybridized carbons (Fsp3) is 0.647. The number of likely N-dealkylation sites (N-methyl/N-ethyl adjacent to an activating group) is 1. The Morgan fingerprint density at radius 1 is 1.25 bits per heavy atom. The Bertz CT molecular complexity index is 384. The summed E-state index contributed by atoms with van der Waals surface area (Å²) >= 11 is 0. The topological polar surface area (TPSA) is 24.5 Å². The molecule has 0 saturated heterocycles. The zero-order valence-corrected chi connectivity index (χ0v) is 13.1. The summed E-state index contributed by atoms with van der Waals surface area (Å²) in [5.74, 6) is 0.972. The highest BCUT2D eigenvalue weighted by Gasteiger charge is 2.19. The number of hydrogen-bond donors (Lipinski definition) is 1. The van der Waals surface area contributed by atoms with Crippen molar-refractivity contribution < 1.29 is 4.74 Å². The molecule has 0 aromatic heterocycles. The van der Waals surface area contributed by atoms with Crippen LogP contribution in [0.25, 0.3) is 0 Å². The summed E-state index contributed by atoms with van der Waals surface area (Å²) in [6, 6.07) is 9.82. The summed E-state index contributed by atoms with van der Waals surface area (Å²) in [7, 11) is 0. The van der Waals surface area contributed by atoms with Gasteiger partial charge in [0.1, 0.15) is 12.4 Å². The molecule has 3 heteroatoms. The molecule has 0 radical (unpaired) electrons. The highest BCUT2D eigenvalue weighted by molar-refractivity contribution is 5.27. The highest BCUT2D eigenvalue weighted by atomic mass is 16.5. The molecule has 1 aromatic carbocycles. The number of hydrogen-bond acceptors (Lipinski definition) is 3. The monoisotopic (exact) mass is 276 g/mol. The minimum absolute atomic E-state index is 0.583. The van der Waals surface area contributed by atoms with E-state index in [9.17, 15) is 0 Å². The standard InChI is InChI=1S/C17H28N2O/c1-4-19(14(2)3)11-12-20-17-9-5-15(6-10-17)13-18-16-7-8-16/h5-6,9-10,14,16,18H,4,7-8,11-13H2,1-3H3. The minimum atomic E-state index is 0.583. The van der Waals surface area contributed by atoms with E-state index in [2.05, 4.69) is 55.3 Å². The summed E-state index contributed by atoms with van der Waals surface area (Å²) in [4.78, 5) is 2.41. The summed E-state index contributed by atoms with van der Waals surface area (Å²) in [6.07, 6.45) is 2.68. The van der Waals surface area contributed by atoms with Crippen LogP contribution >= 0.6 is 0 Å². The van der Waals surface area contributed by atoms with E-state index in [4.69, 9.17) is 4.74 Å². The Hall–Kier alpha value is -1.06. The normalized spacial score (nSPS) is 15.1. The van der Waals surface area contributed by atoms with Crippen molar-refractivity contribution in [3.05, 3.63) is 29.8 Å². The first-order valence-electron chi connectivity index (χ1n) is 7.88. The van der Waals surface area contributed by atoms with Crippen molar-refractivity contribution in [2.45, 2.75) is 52.2 Å². The molecule has 1 saturated carbocycles. The van der Waals surface area contributed by atoms with E-state index in [1.54, 1.807) is 0 Å². The van der Waals surface area contributed by atoms with Gasteiger partial charge in [0.05, 0.1) is 0 Å². The maximum Gasteiger partial charge on any atom is 0.119 e. The number of nitrogens with zero attached hydrogens (tertiary/aromatic N) is 1. The number of nitrogens with one attached hydrogen (secondary N) is 1. The van der Waals surface area contributed by atoms with Crippen molar-refractivity contribution in [1.29, 1.82) is 0 Å². The van der Waals surface area contributed by atoms with Gasteiger partial charge >= 0.3 is 0 Å². The summed E-state index contributed by atoms with van der Waals surface area (Å²) in [5.41, 5.74) is 1.33. The smallest absolute Gasteiger partial charge is 0.119 e. The first-order valence-corrected chi connectivity index (χ1v) is 7.88. The molecular weight excluding hydrogens is 248 g/mol. The molecule has 3 nitrogen and oxygen atoms in total. The van der Waals surface area contributed by atoms with Crippen molar-refractivity contribution in [3.63, 3.8) is 0 Å². The molecule has 1 aliphatic rings. The molecular formula is C17H28N2O. The first-order chi connectivity index (χ1) is 9.69. The van der Waals surface area contributed by atoms with Crippen LogP contribution in [-0.2, 0) is 6.54 Å². The Morgan fingerprint density at radius 2 is 1.95 bits per heavy atom. The van der Waals surface area contributed by atoms with Gasteiger partial charge in [-0.05, 0) is 50.9 Å². The third-order valence-electron chi connectivity index (χ3n) is 3.88. The maximum absolute atomic E-state index is 5.82. The second-order valence-corrected chi connectivity index (χ2v) is 5.87. The van der Waals surface area contributed by atoms with Crippen LogP contribution in [0.4, 0.5) is 0 Å². The van der Waals surface area contributed by atoms with E-state index in [0.717, 1.165) is 38.0 Å². The van der Waals surface area contributed by atoms with Crippen molar-refractivity contribution in [1.82, 2.24) is 10.2 Å². The molecule has 0 amide bonds. The lowest BCUT2D eigenvalue weighted by molar-refractivity contribution is 0.183. The molecule has 2 rings (SSSR count). The Labute approximate surface area is 123 Å². The van der Waals surface area contributed by atoms with Crippen LogP contribution in [0.3, 0.4) is 0 Å². The second-order valence-electron chi connectivity index (χ2n) is 5.87. The Kier molecular flexibility index (Phi) is 5.86. The molecule has 112 valence electrons. The molecule has 0 atom stereocenters. The Balaban J connectivity index is 1.69. The third-order valence-corrected chi connectivity index (χ3v) is 3.88. The van der Waals surface area contributed by atoms with Gasteiger partial charge in [-0.15, -0.1) is 0 Å². The maximum atomic E-state index is 5.82. The van der Waals surface area contributed by atoms with Gasteiger partial charge in [-0.25, -0.2) is 0 Å². The summed E-state index contributed by atoms with van der Waals surface area (Å²) < 4.78 is 5.82. The molecule has 1 aliphatic carbocycles. The summed E-state index contributed by atoms with van der Waals surface area (Å²) in [6.45, 7) is 10.4. The number of rotatable bonds is 9. The molecule has 0 heterocycles. The third kappa shape index (κ3) is 5.14. The SMILES string of the molecule is CCN(CCOc1ccc(CNC2CC2)cc1)C(C)C. The van der Waals surface area contributed by atoms with Gasteiger partial charge in [0.15, 0.2) is 0 Å². The van der Waals surface area contributed by atoms with Gasteiger partial charge in [-0.2, -0.15) is 0 Å². The molecule has 0 bridgehead atoms. The van der Waals surface area contributed by atoms with Gasteiger partial charge in [0, 0.05) is 25.2 Å². The van der Waals surface area contributed by atoms with Crippen LogP contribution < -0.4 is 10.1 Å². The fourth-order valence-electron chi connectivity index (χ4n) is 2.32. The van der Waals surface area contributed by atoms with Crippen molar-refractivity contribution in [3.8, 4) is 5.75 Å². The van der Waals surface area contributed by atoms with E-state index in [1.165, 1.54) is 18.4 Å². The van der Waals surface area contributed by atoms with Crippen molar-refractivity contribution in [2.24, 2.45) is 0 Å². The lowest BCUT2D eigenvalue weighted by Gasteiger charge is -2.24. The molecule has 0 aliphatic heterocycles. The number of ether oxygens (including phenoxy) is 1. The minimum Gasteiger partial charge on any atom is -0.492 e. The lowest BCUT2D eigenvalue weighted by atomic mass is 10.2. The van der Waals surface area contributed by atoms with Gasteiger partial charge in [-0.3, -0.25) is 4.90 Å². The van der Waals surface area contributed by atoms with E-state index in [-0.39, 0.29) is 0 Å². The van der Waals surface area contributed by atoms with Crippen LogP contribution in [0, 0.1) is 0 Å². The van der Waals surface area contributed by atoms with E-state index < -0.39 is 0 Å². The predicted octanol–water partition coefficient (Wildman–Crippen LogP) is 3.05. The first kappa shape index (κ1) is 15.3. The number of benzene rings is 1. The highest BCUT2D eigenvalue weighted by Crippen LogP contribution is 2.19. The van der Waals surface area contributed by atoms with Crippen LogP contribution in [0.2, 0.25) is 0 Å². The predicted molar refractivity (Wildman–Crippen MR) is 84.2 cm³/mol. The zero-order valence-electron chi connectivity index (χ0n) is 13.1. The lowest BCUT2D eigenvalue weighted by Crippen LogP contribution is -2.34. The molecule has 1 N–H and O–H groups in total. The van der Waals surface area contributed by atoms with E-state index in [0.29, 0.717) is 6.04 Å². The van der Waals surface area contributed by atoms with Gasteiger partial charge < -0.3 is 10.1 Å². The molecule has 0 unspecified atom stereocenters. The fourth-order valence-corrected chi connectivity index (χ4v) is 2.32. The van der Waals surface area contributed by atoms with Crippen LogP contribution in [-0.4, -0.2) is 36.7 Å². The average Bonchev–Trinajstić information content (AvgIpc) is 3.26. The zero-order chi connectivity index (χ0) is 14.4. The van der Waals surface area contributed by atoms with Gasteiger partial charge in [0.2, 0.25) is 0 Å². The Morgan fingerprint density at radius 3 is 2.50 bits per heavy atom. The summed E-state index contributed by atoms with van der Waals surface area (Å²) in [5, 5.41) is 3.52. The van der Waals surface area contributed by atoms with Gasteiger partial charge in [-0.1, -0.05) is 19.1 Å².